The van der Waals surface area contributed by atoms with Gasteiger partial charge in [-0.15, -0.1) is 0 Å². The SMILES string of the molecule is O=C(CNc1ccc(C(F)(F)F)cc1)N1CCc2ccccc21. The molecular weight excluding hydrogens is 305 g/mol. The first kappa shape index (κ1) is 15.4. The quantitative estimate of drug-likeness (QED) is 0.935. The van der Waals surface area contributed by atoms with E-state index >= 15 is 0 Å². The van der Waals surface area contributed by atoms with E-state index in [1.807, 2.05) is 24.3 Å². The van der Waals surface area contributed by atoms with Gasteiger partial charge in [-0.05, 0) is 42.3 Å². The number of nitrogens with one attached hydrogen (secondary N) is 1. The van der Waals surface area contributed by atoms with E-state index in [0.717, 1.165) is 29.8 Å². The molecule has 1 heterocycles. The molecule has 0 spiro atoms. The summed E-state index contributed by atoms with van der Waals surface area (Å²) in [5, 5.41) is 2.87. The zero-order valence-corrected chi connectivity index (χ0v) is 12.2. The van der Waals surface area contributed by atoms with E-state index in [2.05, 4.69) is 5.32 Å². The second-order valence-corrected chi connectivity index (χ2v) is 5.35. The average molecular weight is 320 g/mol. The van der Waals surface area contributed by atoms with E-state index < -0.39 is 11.7 Å². The van der Waals surface area contributed by atoms with Crippen LogP contribution in [0.3, 0.4) is 0 Å². The minimum Gasteiger partial charge on any atom is -0.376 e. The van der Waals surface area contributed by atoms with Gasteiger partial charge in [-0.1, -0.05) is 18.2 Å². The fourth-order valence-corrected chi connectivity index (χ4v) is 2.65. The van der Waals surface area contributed by atoms with Gasteiger partial charge in [0.15, 0.2) is 0 Å². The lowest BCUT2D eigenvalue weighted by Gasteiger charge is -2.18. The van der Waals surface area contributed by atoms with Crippen molar-refractivity contribution in [3.05, 3.63) is 59.7 Å². The molecule has 6 heteroatoms. The van der Waals surface area contributed by atoms with Crippen molar-refractivity contribution < 1.29 is 18.0 Å². The molecule has 0 saturated heterocycles. The van der Waals surface area contributed by atoms with Crippen LogP contribution in [-0.2, 0) is 17.4 Å². The maximum atomic E-state index is 12.5. The summed E-state index contributed by atoms with van der Waals surface area (Å²) in [7, 11) is 0. The van der Waals surface area contributed by atoms with Gasteiger partial charge in [0.05, 0.1) is 12.1 Å². The highest BCUT2D eigenvalue weighted by Gasteiger charge is 2.30. The number of rotatable bonds is 3. The molecule has 0 atom stereocenters. The van der Waals surface area contributed by atoms with Gasteiger partial charge in [0, 0.05) is 17.9 Å². The number of fused-ring (bicyclic) bond motifs is 1. The summed E-state index contributed by atoms with van der Waals surface area (Å²) in [6, 6.07) is 12.4. The number of amides is 1. The molecule has 3 rings (SSSR count). The number of hydrogen-bond donors (Lipinski definition) is 1. The zero-order chi connectivity index (χ0) is 16.4. The Balaban J connectivity index is 1.62. The molecule has 0 aromatic heterocycles. The van der Waals surface area contributed by atoms with Crippen LogP contribution in [0.4, 0.5) is 24.5 Å². The first-order valence-electron chi connectivity index (χ1n) is 7.24. The van der Waals surface area contributed by atoms with Crippen LogP contribution in [0.1, 0.15) is 11.1 Å². The molecule has 0 fully saturated rings. The Kier molecular flexibility index (Phi) is 3.98. The Morgan fingerprint density at radius 1 is 1.09 bits per heavy atom. The van der Waals surface area contributed by atoms with Crippen molar-refractivity contribution in [3.8, 4) is 0 Å². The number of para-hydroxylation sites is 1. The van der Waals surface area contributed by atoms with Crippen LogP contribution in [0.2, 0.25) is 0 Å². The molecule has 0 unspecified atom stereocenters. The smallest absolute Gasteiger partial charge is 0.376 e. The van der Waals surface area contributed by atoms with Crippen LogP contribution in [0.5, 0.6) is 0 Å². The number of benzene rings is 2. The highest BCUT2D eigenvalue weighted by molar-refractivity contribution is 5.97. The molecule has 1 aliphatic rings. The number of carbonyl (C=O) groups excluding carboxylic acids is 1. The number of halogens is 3. The Bertz CT molecular complexity index is 711. The normalized spacial score (nSPS) is 13.8. The van der Waals surface area contributed by atoms with Crippen LogP contribution in [-0.4, -0.2) is 19.0 Å². The van der Waals surface area contributed by atoms with Gasteiger partial charge in [-0.2, -0.15) is 13.2 Å². The molecule has 0 bridgehead atoms. The van der Waals surface area contributed by atoms with Crippen molar-refractivity contribution >= 4 is 17.3 Å². The molecule has 1 N–H and O–H groups in total. The van der Waals surface area contributed by atoms with E-state index in [1.54, 1.807) is 4.90 Å². The third-order valence-corrected chi connectivity index (χ3v) is 3.84. The molecule has 1 amide bonds. The fourth-order valence-electron chi connectivity index (χ4n) is 2.65. The molecule has 23 heavy (non-hydrogen) atoms. The highest BCUT2D eigenvalue weighted by atomic mass is 19.4. The number of alkyl halides is 3. The lowest BCUT2D eigenvalue weighted by Crippen LogP contribution is -2.34. The molecule has 0 saturated carbocycles. The first-order chi connectivity index (χ1) is 10.9. The number of nitrogens with zero attached hydrogens (tertiary/aromatic N) is 1. The van der Waals surface area contributed by atoms with Gasteiger partial charge in [0.25, 0.3) is 0 Å². The van der Waals surface area contributed by atoms with Gasteiger partial charge in [-0.25, -0.2) is 0 Å². The van der Waals surface area contributed by atoms with Crippen LogP contribution in [0, 0.1) is 0 Å². The predicted octanol–water partition coefficient (Wildman–Crippen LogP) is 3.71. The van der Waals surface area contributed by atoms with Crippen molar-refractivity contribution in [3.63, 3.8) is 0 Å². The van der Waals surface area contributed by atoms with Gasteiger partial charge < -0.3 is 10.2 Å². The molecule has 2 aromatic rings. The second kappa shape index (κ2) is 5.95. The van der Waals surface area contributed by atoms with E-state index in [1.165, 1.54) is 12.1 Å². The Hall–Kier alpha value is -2.50. The third-order valence-electron chi connectivity index (χ3n) is 3.84. The van der Waals surface area contributed by atoms with Gasteiger partial charge in [-0.3, -0.25) is 4.79 Å². The lowest BCUT2D eigenvalue weighted by molar-refractivity contribution is -0.137. The molecule has 0 radical (unpaired) electrons. The van der Waals surface area contributed by atoms with E-state index in [0.29, 0.717) is 12.2 Å². The summed E-state index contributed by atoms with van der Waals surface area (Å²) < 4.78 is 37.5. The largest absolute Gasteiger partial charge is 0.416 e. The summed E-state index contributed by atoms with van der Waals surface area (Å²) in [4.78, 5) is 14.0. The molecule has 3 nitrogen and oxygen atoms in total. The van der Waals surface area contributed by atoms with Gasteiger partial charge in [0.2, 0.25) is 5.91 Å². The highest BCUT2D eigenvalue weighted by Crippen LogP contribution is 2.30. The third kappa shape index (κ3) is 3.31. The van der Waals surface area contributed by atoms with E-state index in [4.69, 9.17) is 0 Å². The summed E-state index contributed by atoms with van der Waals surface area (Å²) in [5.41, 5.74) is 1.82. The van der Waals surface area contributed by atoms with Crippen LogP contribution in [0.25, 0.3) is 0 Å². The Morgan fingerprint density at radius 2 is 1.78 bits per heavy atom. The minimum absolute atomic E-state index is 0.0414. The van der Waals surface area contributed by atoms with Crippen LogP contribution in [0.15, 0.2) is 48.5 Å². The van der Waals surface area contributed by atoms with Crippen molar-refractivity contribution in [1.82, 2.24) is 0 Å². The van der Waals surface area contributed by atoms with E-state index in [-0.39, 0.29) is 12.5 Å². The van der Waals surface area contributed by atoms with E-state index in [9.17, 15) is 18.0 Å². The zero-order valence-electron chi connectivity index (χ0n) is 12.2. The Morgan fingerprint density at radius 3 is 2.48 bits per heavy atom. The van der Waals surface area contributed by atoms with Crippen molar-refractivity contribution in [2.75, 3.05) is 23.3 Å². The first-order valence-corrected chi connectivity index (χ1v) is 7.24. The molecule has 120 valence electrons. The fraction of sp³-hybridized carbons (Fsp3) is 0.235. The standard InChI is InChI=1S/C17H15F3N2O/c18-17(19,20)13-5-7-14(8-6-13)21-11-16(23)22-10-9-12-3-1-2-4-15(12)22/h1-8,21H,9-11H2. The van der Waals surface area contributed by atoms with Crippen molar-refractivity contribution in [2.24, 2.45) is 0 Å². The topological polar surface area (TPSA) is 32.3 Å². The average Bonchev–Trinajstić information content (AvgIpc) is 2.96. The van der Waals surface area contributed by atoms with Crippen molar-refractivity contribution in [2.45, 2.75) is 12.6 Å². The van der Waals surface area contributed by atoms with Gasteiger partial charge in [0.1, 0.15) is 0 Å². The number of anilines is 2. The van der Waals surface area contributed by atoms with Crippen LogP contribution < -0.4 is 10.2 Å². The molecular formula is C17H15F3N2O. The monoisotopic (exact) mass is 320 g/mol. The van der Waals surface area contributed by atoms with Crippen LogP contribution >= 0.6 is 0 Å². The maximum absolute atomic E-state index is 12.5. The summed E-state index contributed by atoms with van der Waals surface area (Å²) in [5.74, 6) is -0.102. The summed E-state index contributed by atoms with van der Waals surface area (Å²) >= 11 is 0. The molecule has 2 aromatic carbocycles. The van der Waals surface area contributed by atoms with Gasteiger partial charge >= 0.3 is 6.18 Å². The maximum Gasteiger partial charge on any atom is 0.416 e. The molecule has 1 aliphatic heterocycles. The van der Waals surface area contributed by atoms with Crippen molar-refractivity contribution in [1.29, 1.82) is 0 Å². The Labute approximate surface area is 131 Å². The molecule has 0 aliphatic carbocycles. The minimum atomic E-state index is -4.35. The predicted molar refractivity (Wildman–Crippen MR) is 82.4 cm³/mol. The number of hydrogen-bond acceptors (Lipinski definition) is 2. The second-order valence-electron chi connectivity index (χ2n) is 5.35. The lowest BCUT2D eigenvalue weighted by atomic mass is 10.2. The summed E-state index contributed by atoms with van der Waals surface area (Å²) in [6.45, 7) is 0.673. The summed E-state index contributed by atoms with van der Waals surface area (Å²) in [6.07, 6.45) is -3.53. The number of carbonyl (C=O) groups is 1.